The van der Waals surface area contributed by atoms with Crippen molar-refractivity contribution < 1.29 is 9.53 Å². The van der Waals surface area contributed by atoms with E-state index in [4.69, 9.17) is 4.74 Å². The third-order valence-corrected chi connectivity index (χ3v) is 3.62. The number of hydrogen-bond acceptors (Lipinski definition) is 6. The second-order valence-electron chi connectivity index (χ2n) is 5.34. The predicted molar refractivity (Wildman–Crippen MR) is 86.4 cm³/mol. The molecule has 0 fully saturated rings. The number of ether oxygens (including phenoxy) is 1. The predicted octanol–water partition coefficient (Wildman–Crippen LogP) is 1.67. The molecule has 124 valence electrons. The number of aromatic nitrogens is 5. The van der Waals surface area contributed by atoms with Crippen LogP contribution in [0.4, 0.5) is 0 Å². The van der Waals surface area contributed by atoms with Crippen LogP contribution in [0.3, 0.4) is 0 Å². The molecule has 8 nitrogen and oxygen atoms in total. The van der Waals surface area contributed by atoms with Crippen LogP contribution in [0.2, 0.25) is 0 Å². The number of aromatic amines is 1. The highest BCUT2D eigenvalue weighted by molar-refractivity contribution is 5.90. The van der Waals surface area contributed by atoms with Gasteiger partial charge in [0, 0.05) is 23.5 Å². The smallest absolute Gasteiger partial charge is 0.355 e. The zero-order chi connectivity index (χ0) is 16.9. The zero-order valence-corrected chi connectivity index (χ0v) is 13.2. The van der Waals surface area contributed by atoms with Crippen LogP contribution in [0.25, 0.3) is 10.9 Å². The summed E-state index contributed by atoms with van der Waals surface area (Å²) in [6.07, 6.45) is 1.95. The summed E-state index contributed by atoms with van der Waals surface area (Å²) in [6, 6.07) is 8.23. The fraction of sp³-hybridized carbons (Fsp3) is 0.312. The topological polar surface area (TPSA) is 103 Å². The van der Waals surface area contributed by atoms with Crippen LogP contribution in [0.15, 0.2) is 35.1 Å². The average molecular weight is 327 g/mol. The first-order chi connectivity index (χ1) is 11.7. The van der Waals surface area contributed by atoms with Gasteiger partial charge in [0.1, 0.15) is 5.69 Å². The molecule has 0 aliphatic carbocycles. The summed E-state index contributed by atoms with van der Waals surface area (Å²) in [6.45, 7) is 2.69. The largest absolute Gasteiger partial charge is 0.453 e. The fourth-order valence-corrected chi connectivity index (χ4v) is 2.32. The molecule has 2 heterocycles. The summed E-state index contributed by atoms with van der Waals surface area (Å²) >= 11 is 0. The number of nitrogens with zero attached hydrogens (tertiary/aromatic N) is 4. The van der Waals surface area contributed by atoms with Crippen molar-refractivity contribution in [3.8, 4) is 0 Å². The molecule has 8 heteroatoms. The van der Waals surface area contributed by atoms with E-state index in [1.807, 2.05) is 0 Å². The molecular formula is C16H17N5O3. The number of carbonyl (C=O) groups excluding carboxylic acids is 1. The maximum atomic E-state index is 12.2. The summed E-state index contributed by atoms with van der Waals surface area (Å²) in [5.41, 5.74) is 0.458. The van der Waals surface area contributed by atoms with Gasteiger partial charge in [-0.05, 0) is 29.0 Å². The molecule has 3 aromatic rings. The van der Waals surface area contributed by atoms with Crippen molar-refractivity contribution in [3.05, 3.63) is 52.1 Å². The number of pyridine rings is 1. The number of tetrazole rings is 1. The Morgan fingerprint density at radius 1 is 1.33 bits per heavy atom. The number of fused-ring (bicyclic) bond motifs is 1. The molecule has 0 aliphatic rings. The Morgan fingerprint density at radius 2 is 2.17 bits per heavy atom. The Hall–Kier alpha value is -3.03. The van der Waals surface area contributed by atoms with E-state index in [9.17, 15) is 9.59 Å². The van der Waals surface area contributed by atoms with Crippen LogP contribution >= 0.6 is 0 Å². The SMILES string of the molecule is CCCCn1nnnc1COC(=O)c1cc(=O)c2ccccc2[nH]1. The van der Waals surface area contributed by atoms with Crippen LogP contribution in [0.5, 0.6) is 0 Å². The Labute approximate surface area is 137 Å². The van der Waals surface area contributed by atoms with Crippen molar-refractivity contribution >= 4 is 16.9 Å². The lowest BCUT2D eigenvalue weighted by Gasteiger charge is -2.06. The van der Waals surface area contributed by atoms with Crippen molar-refractivity contribution in [1.82, 2.24) is 25.2 Å². The van der Waals surface area contributed by atoms with Crippen molar-refractivity contribution in [1.29, 1.82) is 0 Å². The molecule has 1 N–H and O–H groups in total. The number of carbonyl (C=O) groups is 1. The molecule has 0 saturated heterocycles. The van der Waals surface area contributed by atoms with Gasteiger partial charge in [0.05, 0.1) is 0 Å². The number of unbranched alkanes of at least 4 members (excludes halogenated alkanes) is 1. The first-order valence-corrected chi connectivity index (χ1v) is 7.73. The van der Waals surface area contributed by atoms with Crippen molar-refractivity contribution in [2.24, 2.45) is 0 Å². The van der Waals surface area contributed by atoms with Gasteiger partial charge in [0.25, 0.3) is 0 Å². The third-order valence-electron chi connectivity index (χ3n) is 3.62. The molecular weight excluding hydrogens is 310 g/mol. The highest BCUT2D eigenvalue weighted by Crippen LogP contribution is 2.09. The summed E-state index contributed by atoms with van der Waals surface area (Å²) in [5, 5.41) is 11.8. The van der Waals surface area contributed by atoms with Gasteiger partial charge in [-0.25, -0.2) is 9.48 Å². The minimum Gasteiger partial charge on any atom is -0.453 e. The number of hydrogen-bond donors (Lipinski definition) is 1. The molecule has 2 aromatic heterocycles. The normalized spacial score (nSPS) is 10.9. The summed E-state index contributed by atoms with van der Waals surface area (Å²) in [4.78, 5) is 27.1. The second kappa shape index (κ2) is 7.03. The van der Waals surface area contributed by atoms with Crippen LogP contribution < -0.4 is 5.43 Å². The number of nitrogens with one attached hydrogen (secondary N) is 1. The molecule has 3 rings (SSSR count). The van der Waals surface area contributed by atoms with E-state index in [0.717, 1.165) is 12.8 Å². The van der Waals surface area contributed by atoms with E-state index in [1.165, 1.54) is 6.07 Å². The molecule has 0 atom stereocenters. The maximum absolute atomic E-state index is 12.2. The van der Waals surface area contributed by atoms with Gasteiger partial charge < -0.3 is 9.72 Å². The molecule has 0 radical (unpaired) electrons. The first kappa shape index (κ1) is 15.9. The summed E-state index contributed by atoms with van der Waals surface area (Å²) < 4.78 is 6.84. The van der Waals surface area contributed by atoms with E-state index in [2.05, 4.69) is 27.4 Å². The standard InChI is InChI=1S/C16H17N5O3/c1-2-3-8-21-15(18-19-20-21)10-24-16(23)13-9-14(22)11-6-4-5-7-12(11)17-13/h4-7,9H,2-3,8,10H2,1H3,(H,17,22). The van der Waals surface area contributed by atoms with E-state index in [0.29, 0.717) is 23.3 Å². The highest BCUT2D eigenvalue weighted by Gasteiger charge is 2.13. The van der Waals surface area contributed by atoms with Gasteiger partial charge in [0.2, 0.25) is 0 Å². The highest BCUT2D eigenvalue weighted by atomic mass is 16.5. The van der Waals surface area contributed by atoms with Gasteiger partial charge in [-0.2, -0.15) is 0 Å². The number of esters is 1. The third kappa shape index (κ3) is 3.32. The lowest BCUT2D eigenvalue weighted by Crippen LogP contribution is -2.14. The Bertz CT molecular complexity index is 915. The maximum Gasteiger partial charge on any atom is 0.355 e. The van der Waals surface area contributed by atoms with Crippen molar-refractivity contribution in [3.63, 3.8) is 0 Å². The minimum absolute atomic E-state index is 0.0512. The van der Waals surface area contributed by atoms with Gasteiger partial charge in [0.15, 0.2) is 17.9 Å². The molecule has 0 amide bonds. The number of benzene rings is 1. The summed E-state index contributed by atoms with van der Waals surface area (Å²) in [5.74, 6) is -0.150. The van der Waals surface area contributed by atoms with Crippen LogP contribution in [0.1, 0.15) is 36.1 Å². The zero-order valence-electron chi connectivity index (χ0n) is 13.2. The molecule has 0 bridgehead atoms. The number of para-hydroxylation sites is 1. The average Bonchev–Trinajstić information content (AvgIpc) is 3.05. The molecule has 24 heavy (non-hydrogen) atoms. The minimum atomic E-state index is -0.622. The molecule has 0 spiro atoms. The van der Waals surface area contributed by atoms with Gasteiger partial charge >= 0.3 is 5.97 Å². The quantitative estimate of drug-likeness (QED) is 0.691. The van der Waals surface area contributed by atoms with Crippen LogP contribution in [0, 0.1) is 0 Å². The summed E-state index contributed by atoms with van der Waals surface area (Å²) in [7, 11) is 0. The lowest BCUT2D eigenvalue weighted by atomic mass is 10.2. The van der Waals surface area contributed by atoms with Crippen LogP contribution in [-0.2, 0) is 17.9 Å². The Morgan fingerprint density at radius 3 is 3.00 bits per heavy atom. The van der Waals surface area contributed by atoms with Gasteiger partial charge in [-0.3, -0.25) is 4.79 Å². The van der Waals surface area contributed by atoms with E-state index in [1.54, 1.807) is 28.9 Å². The molecule has 0 unspecified atom stereocenters. The van der Waals surface area contributed by atoms with E-state index >= 15 is 0 Å². The second-order valence-corrected chi connectivity index (χ2v) is 5.34. The van der Waals surface area contributed by atoms with Crippen LogP contribution in [-0.4, -0.2) is 31.2 Å². The van der Waals surface area contributed by atoms with Crippen molar-refractivity contribution in [2.75, 3.05) is 0 Å². The van der Waals surface area contributed by atoms with Crippen molar-refractivity contribution in [2.45, 2.75) is 32.9 Å². The first-order valence-electron chi connectivity index (χ1n) is 7.73. The molecule has 0 saturated carbocycles. The number of rotatable bonds is 6. The number of aryl methyl sites for hydroxylation is 1. The monoisotopic (exact) mass is 327 g/mol. The lowest BCUT2D eigenvalue weighted by molar-refractivity contribution is 0.0449. The molecule has 0 aliphatic heterocycles. The van der Waals surface area contributed by atoms with Gasteiger partial charge in [-0.15, -0.1) is 5.10 Å². The Balaban J connectivity index is 1.74. The van der Waals surface area contributed by atoms with E-state index in [-0.39, 0.29) is 17.7 Å². The molecule has 1 aromatic carbocycles. The fourth-order valence-electron chi connectivity index (χ4n) is 2.32. The number of H-pyrrole nitrogens is 1. The van der Waals surface area contributed by atoms with E-state index < -0.39 is 5.97 Å². The van der Waals surface area contributed by atoms with Gasteiger partial charge in [-0.1, -0.05) is 25.5 Å². The Kier molecular flexibility index (Phi) is 4.64.